The molecule has 122 valence electrons. The van der Waals surface area contributed by atoms with Crippen molar-refractivity contribution in [1.29, 1.82) is 10.8 Å². The molecule has 2 unspecified atom stereocenters. The summed E-state index contributed by atoms with van der Waals surface area (Å²) >= 11 is 0. The normalized spacial score (nSPS) is 29.6. The van der Waals surface area contributed by atoms with E-state index in [-0.39, 0.29) is 17.7 Å². The Hall–Kier alpha value is -2.45. The molecule has 0 radical (unpaired) electrons. The molecule has 1 aromatic rings. The summed E-state index contributed by atoms with van der Waals surface area (Å²) in [5, 5.41) is 21.1. The van der Waals surface area contributed by atoms with Crippen LogP contribution in [0.2, 0.25) is 0 Å². The summed E-state index contributed by atoms with van der Waals surface area (Å²) in [6, 6.07) is 5.54. The van der Waals surface area contributed by atoms with Gasteiger partial charge >= 0.3 is 6.36 Å². The highest BCUT2D eigenvalue weighted by Gasteiger charge is 2.81. The largest absolute Gasteiger partial charge is 0.573 e. The van der Waals surface area contributed by atoms with Crippen LogP contribution in [0.1, 0.15) is 0 Å². The Morgan fingerprint density at radius 3 is 2.35 bits per heavy atom. The number of alkyl halides is 3. The van der Waals surface area contributed by atoms with Gasteiger partial charge in [-0.2, -0.15) is 0 Å². The number of nitrogens with one attached hydrogen (secondary N) is 4. The van der Waals surface area contributed by atoms with Crippen molar-refractivity contribution in [2.45, 2.75) is 12.4 Å². The van der Waals surface area contributed by atoms with E-state index in [0.29, 0.717) is 11.7 Å². The van der Waals surface area contributed by atoms with E-state index in [1.165, 1.54) is 12.1 Å². The fourth-order valence-corrected chi connectivity index (χ4v) is 3.48. The first-order valence-corrected chi connectivity index (χ1v) is 7.17. The summed E-state index contributed by atoms with van der Waals surface area (Å²) < 4.78 is 40.0. The Morgan fingerprint density at radius 1 is 1.17 bits per heavy atom. The van der Waals surface area contributed by atoms with Crippen molar-refractivity contribution in [1.82, 2.24) is 10.2 Å². The SMILES string of the molecule is N=C(NC(=N)N1CC2C3C2C31)Nc1ccc(OC(F)(F)F)cc1. The predicted octanol–water partition coefficient (Wildman–Crippen LogP) is 2.02. The van der Waals surface area contributed by atoms with E-state index in [2.05, 4.69) is 15.4 Å². The molecule has 4 fully saturated rings. The fraction of sp³-hybridized carbons (Fsp3) is 0.429. The number of halogens is 3. The monoisotopic (exact) mass is 325 g/mol. The molecule has 1 aromatic carbocycles. The number of fused-ring (bicyclic) bond motifs is 1. The molecule has 0 aromatic heterocycles. The zero-order valence-corrected chi connectivity index (χ0v) is 11.8. The highest BCUT2D eigenvalue weighted by atomic mass is 19.4. The fourth-order valence-electron chi connectivity index (χ4n) is 3.48. The number of nitrogens with zero attached hydrogens (tertiary/aromatic N) is 1. The Bertz CT molecular complexity index is 657. The number of rotatable bonds is 2. The van der Waals surface area contributed by atoms with Crippen LogP contribution in [0.15, 0.2) is 24.3 Å². The Morgan fingerprint density at radius 2 is 1.83 bits per heavy atom. The van der Waals surface area contributed by atoms with E-state index in [1.807, 2.05) is 4.90 Å². The van der Waals surface area contributed by atoms with Crippen molar-refractivity contribution in [3.8, 4) is 5.75 Å². The lowest BCUT2D eigenvalue weighted by molar-refractivity contribution is -0.274. The molecule has 2 saturated carbocycles. The molecule has 23 heavy (non-hydrogen) atoms. The smallest absolute Gasteiger partial charge is 0.406 e. The molecule has 2 bridgehead atoms. The third kappa shape index (κ3) is 2.55. The quantitative estimate of drug-likeness (QED) is 0.495. The van der Waals surface area contributed by atoms with Gasteiger partial charge in [-0.3, -0.25) is 16.1 Å². The Labute approximate surface area is 129 Å². The van der Waals surface area contributed by atoms with Crippen molar-refractivity contribution in [2.75, 3.05) is 11.9 Å². The van der Waals surface area contributed by atoms with Crippen LogP contribution in [-0.4, -0.2) is 35.8 Å². The molecule has 5 rings (SSSR count). The van der Waals surface area contributed by atoms with Gasteiger partial charge in [-0.05, 0) is 42.0 Å². The van der Waals surface area contributed by atoms with Gasteiger partial charge in [-0.15, -0.1) is 13.2 Å². The second-order valence-corrected chi connectivity index (χ2v) is 6.01. The van der Waals surface area contributed by atoms with Gasteiger partial charge in [0.15, 0.2) is 11.9 Å². The number of piperidine rings is 1. The lowest BCUT2D eigenvalue weighted by atomic mass is 10.2. The lowest BCUT2D eigenvalue weighted by Crippen LogP contribution is -2.44. The Kier molecular flexibility index (Phi) is 2.79. The van der Waals surface area contributed by atoms with Crippen LogP contribution < -0.4 is 15.4 Å². The zero-order valence-electron chi connectivity index (χ0n) is 11.8. The molecule has 2 atom stereocenters. The first kappa shape index (κ1) is 14.2. The Balaban J connectivity index is 1.29. The van der Waals surface area contributed by atoms with Crippen LogP contribution >= 0.6 is 0 Å². The molecule has 0 amide bonds. The van der Waals surface area contributed by atoms with Crippen LogP contribution in [0.4, 0.5) is 18.9 Å². The first-order valence-electron chi connectivity index (χ1n) is 7.17. The summed E-state index contributed by atoms with van der Waals surface area (Å²) in [5.41, 5.74) is 0.432. The van der Waals surface area contributed by atoms with Crippen LogP contribution in [0.25, 0.3) is 0 Å². The molecule has 0 spiro atoms. The van der Waals surface area contributed by atoms with Gasteiger partial charge in [-0.1, -0.05) is 0 Å². The lowest BCUT2D eigenvalue weighted by Gasteiger charge is -2.20. The zero-order chi connectivity index (χ0) is 16.4. The van der Waals surface area contributed by atoms with E-state index in [9.17, 15) is 13.2 Å². The third-order valence-corrected chi connectivity index (χ3v) is 4.60. The molecule has 6 nitrogen and oxygen atoms in total. The minimum Gasteiger partial charge on any atom is -0.406 e. The van der Waals surface area contributed by atoms with E-state index in [1.54, 1.807) is 0 Å². The van der Waals surface area contributed by atoms with Crippen molar-refractivity contribution in [3.63, 3.8) is 0 Å². The van der Waals surface area contributed by atoms with E-state index < -0.39 is 6.36 Å². The first-order chi connectivity index (χ1) is 10.8. The average molecular weight is 325 g/mol. The number of benzene rings is 1. The summed E-state index contributed by atoms with van der Waals surface area (Å²) in [4.78, 5) is 1.97. The highest BCUT2D eigenvalue weighted by molar-refractivity contribution is 6.03. The van der Waals surface area contributed by atoms with E-state index in [0.717, 1.165) is 36.4 Å². The van der Waals surface area contributed by atoms with Gasteiger partial charge in [0.25, 0.3) is 0 Å². The maximum atomic E-state index is 12.1. The van der Waals surface area contributed by atoms with Gasteiger partial charge in [0.2, 0.25) is 0 Å². The molecule has 2 aliphatic heterocycles. The minimum atomic E-state index is -4.73. The maximum absolute atomic E-state index is 12.1. The van der Waals surface area contributed by atoms with Gasteiger partial charge in [0.05, 0.1) is 0 Å². The number of hydrogen-bond donors (Lipinski definition) is 4. The van der Waals surface area contributed by atoms with Crippen LogP contribution in [0.5, 0.6) is 5.75 Å². The highest BCUT2D eigenvalue weighted by Crippen LogP contribution is 2.75. The van der Waals surface area contributed by atoms with Crippen molar-refractivity contribution in [2.24, 2.45) is 17.8 Å². The van der Waals surface area contributed by atoms with Gasteiger partial charge < -0.3 is 15.0 Å². The third-order valence-electron chi connectivity index (χ3n) is 4.60. The molecule has 2 aliphatic carbocycles. The second kappa shape index (κ2) is 4.53. The number of hydrogen-bond acceptors (Lipinski definition) is 3. The maximum Gasteiger partial charge on any atom is 0.573 e. The van der Waals surface area contributed by atoms with E-state index in [4.69, 9.17) is 10.8 Å². The van der Waals surface area contributed by atoms with Crippen molar-refractivity contribution < 1.29 is 17.9 Å². The molecule has 4 N–H and O–H groups in total. The van der Waals surface area contributed by atoms with Crippen LogP contribution in [-0.2, 0) is 0 Å². The number of anilines is 1. The number of guanidine groups is 2. The van der Waals surface area contributed by atoms with Crippen LogP contribution in [0.3, 0.4) is 0 Å². The van der Waals surface area contributed by atoms with Gasteiger partial charge in [0.1, 0.15) is 5.75 Å². The molecule has 2 heterocycles. The second-order valence-electron chi connectivity index (χ2n) is 6.01. The summed E-state index contributed by atoms with van der Waals surface area (Å²) in [7, 11) is 0. The summed E-state index contributed by atoms with van der Waals surface area (Å²) in [6.45, 7) is 0.878. The van der Waals surface area contributed by atoms with Crippen molar-refractivity contribution >= 4 is 17.6 Å². The molecule has 2 saturated heterocycles. The molecular weight excluding hydrogens is 311 g/mol. The molecular formula is C14H14F3N5O. The minimum absolute atomic E-state index is 0.0985. The average Bonchev–Trinajstić information content (AvgIpc) is 3.25. The predicted molar refractivity (Wildman–Crippen MR) is 76.3 cm³/mol. The standard InChI is InChI=1S/C14H14F3N5O/c15-14(16,17)23-7-3-1-6(2-4-7)20-12(18)21-13(19)22-5-8-9-10(8)11(9)22/h1-4,8-11H,5H2,(H4,18,19,20,21). The summed E-state index contributed by atoms with van der Waals surface area (Å²) in [5.74, 6) is 2.04. The van der Waals surface area contributed by atoms with Gasteiger partial charge in [-0.25, -0.2) is 0 Å². The topological polar surface area (TPSA) is 84.2 Å². The van der Waals surface area contributed by atoms with Gasteiger partial charge in [0, 0.05) is 18.3 Å². The molecule has 4 aliphatic rings. The number of ether oxygens (including phenoxy) is 1. The van der Waals surface area contributed by atoms with Crippen molar-refractivity contribution in [3.05, 3.63) is 24.3 Å². The van der Waals surface area contributed by atoms with Crippen LogP contribution in [0, 0.1) is 28.6 Å². The van der Waals surface area contributed by atoms with E-state index >= 15 is 0 Å². The molecule has 9 heteroatoms. The summed E-state index contributed by atoms with van der Waals surface area (Å²) in [6.07, 6.45) is -4.73.